The molecule has 8 heteroatoms. The van der Waals surface area contributed by atoms with E-state index in [2.05, 4.69) is 4.98 Å². The highest BCUT2D eigenvalue weighted by Gasteiger charge is 2.48. The Bertz CT molecular complexity index is 931. The topological polar surface area (TPSA) is 125 Å². The highest BCUT2D eigenvalue weighted by molar-refractivity contribution is 5.73. The van der Waals surface area contributed by atoms with Crippen LogP contribution in [0.1, 0.15) is 45.5 Å². The molecular formula is C19H24N2O6. The van der Waals surface area contributed by atoms with E-state index in [1.54, 1.807) is 19.1 Å². The van der Waals surface area contributed by atoms with E-state index in [9.17, 15) is 25.2 Å². The van der Waals surface area contributed by atoms with Crippen LogP contribution in [0.5, 0.6) is 0 Å². The third kappa shape index (κ3) is 3.37. The summed E-state index contributed by atoms with van der Waals surface area (Å²) >= 11 is 0. The number of carbonyl (C=O) groups is 1. The second-order valence-electron chi connectivity index (χ2n) is 6.71. The number of carboxylic acids is 1. The van der Waals surface area contributed by atoms with Gasteiger partial charge in [-0.2, -0.15) is 0 Å². The van der Waals surface area contributed by atoms with Gasteiger partial charge < -0.3 is 29.7 Å². The number of rotatable bonds is 4. The molecule has 2 heterocycles. The summed E-state index contributed by atoms with van der Waals surface area (Å²) < 4.78 is 30.9. The molecule has 1 aliphatic heterocycles. The third-order valence-electron chi connectivity index (χ3n) is 5.06. The maximum atomic E-state index is 11.4. The summed E-state index contributed by atoms with van der Waals surface area (Å²) in [5.41, 5.74) is 2.35. The van der Waals surface area contributed by atoms with Gasteiger partial charge in [0.15, 0.2) is 12.3 Å². The zero-order valence-electron chi connectivity index (χ0n) is 17.9. The number of carboxylic acid groups (broad SMARTS) is 1. The SMILES string of the molecule is [2H]C([2H])([2H])[C@@H](c1cccc(C)c1C)c1cncn1C1OC(C(=O)O)C(O)C(O)C1O. The molecule has 0 bridgehead atoms. The van der Waals surface area contributed by atoms with Gasteiger partial charge in [0.25, 0.3) is 0 Å². The van der Waals surface area contributed by atoms with Crippen LogP contribution in [-0.2, 0) is 9.53 Å². The predicted molar refractivity (Wildman–Crippen MR) is 95.2 cm³/mol. The zero-order valence-corrected chi connectivity index (χ0v) is 14.9. The fourth-order valence-corrected chi connectivity index (χ4v) is 3.29. The highest BCUT2D eigenvalue weighted by Crippen LogP contribution is 2.34. The maximum Gasteiger partial charge on any atom is 0.335 e. The van der Waals surface area contributed by atoms with Gasteiger partial charge in [0, 0.05) is 21.9 Å². The van der Waals surface area contributed by atoms with Crippen molar-refractivity contribution in [1.82, 2.24) is 9.55 Å². The van der Waals surface area contributed by atoms with Crippen molar-refractivity contribution in [3.63, 3.8) is 0 Å². The molecule has 27 heavy (non-hydrogen) atoms. The molecule has 0 amide bonds. The average Bonchev–Trinajstić information content (AvgIpc) is 3.11. The first-order chi connectivity index (χ1) is 13.9. The van der Waals surface area contributed by atoms with Crippen molar-refractivity contribution in [3.8, 4) is 0 Å². The van der Waals surface area contributed by atoms with Crippen LogP contribution >= 0.6 is 0 Å². The molecule has 0 aliphatic carbocycles. The molecule has 0 saturated carbocycles. The van der Waals surface area contributed by atoms with Crippen molar-refractivity contribution in [2.45, 2.75) is 57.3 Å². The van der Waals surface area contributed by atoms with Crippen LogP contribution in [0.2, 0.25) is 0 Å². The summed E-state index contributed by atoms with van der Waals surface area (Å²) in [6.45, 7) is 1.16. The van der Waals surface area contributed by atoms with Gasteiger partial charge in [0.05, 0.1) is 6.33 Å². The molecule has 3 rings (SSSR count). The molecule has 8 nitrogen and oxygen atoms in total. The number of ether oxygens (including phenoxy) is 1. The number of nitrogens with zero attached hydrogens (tertiary/aromatic N) is 2. The lowest BCUT2D eigenvalue weighted by Crippen LogP contribution is -2.57. The summed E-state index contributed by atoms with van der Waals surface area (Å²) in [6, 6.07) is 5.28. The largest absolute Gasteiger partial charge is 0.479 e. The van der Waals surface area contributed by atoms with Crippen molar-refractivity contribution in [2.24, 2.45) is 0 Å². The van der Waals surface area contributed by atoms with Gasteiger partial charge in [-0.05, 0) is 30.5 Å². The third-order valence-corrected chi connectivity index (χ3v) is 5.06. The van der Waals surface area contributed by atoms with Crippen molar-refractivity contribution < 1.29 is 34.1 Å². The van der Waals surface area contributed by atoms with Crippen LogP contribution in [0.25, 0.3) is 0 Å². The van der Waals surface area contributed by atoms with E-state index in [0.717, 1.165) is 11.1 Å². The quantitative estimate of drug-likeness (QED) is 0.617. The molecule has 1 aromatic heterocycles. The van der Waals surface area contributed by atoms with Gasteiger partial charge in [-0.25, -0.2) is 9.78 Å². The molecule has 1 aliphatic rings. The second-order valence-corrected chi connectivity index (χ2v) is 6.71. The minimum absolute atomic E-state index is 0.153. The first-order valence-electron chi connectivity index (χ1n) is 9.95. The Hall–Kier alpha value is -2.26. The molecule has 2 aromatic rings. The van der Waals surface area contributed by atoms with Gasteiger partial charge in [0.2, 0.25) is 0 Å². The van der Waals surface area contributed by atoms with Crippen molar-refractivity contribution in [2.75, 3.05) is 0 Å². The minimum Gasteiger partial charge on any atom is -0.479 e. The molecule has 4 N–H and O–H groups in total. The van der Waals surface area contributed by atoms with Gasteiger partial charge in [-0.1, -0.05) is 25.1 Å². The Balaban J connectivity index is 2.12. The number of hydrogen-bond acceptors (Lipinski definition) is 6. The molecule has 0 radical (unpaired) electrons. The number of aliphatic hydroxyl groups is 3. The lowest BCUT2D eigenvalue weighted by Gasteiger charge is -2.40. The molecule has 1 aromatic carbocycles. The van der Waals surface area contributed by atoms with Gasteiger partial charge >= 0.3 is 5.97 Å². The molecule has 0 spiro atoms. The van der Waals surface area contributed by atoms with E-state index in [1.807, 2.05) is 13.0 Å². The van der Waals surface area contributed by atoms with Gasteiger partial charge in [-0.15, -0.1) is 0 Å². The fourth-order valence-electron chi connectivity index (χ4n) is 3.29. The normalized spacial score (nSPS) is 31.6. The number of aryl methyl sites for hydroxylation is 1. The number of aliphatic hydroxyl groups excluding tert-OH is 3. The van der Waals surface area contributed by atoms with Crippen molar-refractivity contribution in [3.05, 3.63) is 53.1 Å². The molecular weight excluding hydrogens is 352 g/mol. The van der Waals surface area contributed by atoms with E-state index < -0.39 is 49.4 Å². The van der Waals surface area contributed by atoms with E-state index >= 15 is 0 Å². The van der Waals surface area contributed by atoms with Crippen molar-refractivity contribution >= 4 is 5.97 Å². The van der Waals surface area contributed by atoms with Crippen LogP contribution in [0, 0.1) is 13.8 Å². The second kappa shape index (κ2) is 7.40. The Labute approximate surface area is 160 Å². The Morgan fingerprint density at radius 2 is 2.00 bits per heavy atom. The smallest absolute Gasteiger partial charge is 0.335 e. The summed E-state index contributed by atoms with van der Waals surface area (Å²) in [6.07, 6.45) is -6.13. The Morgan fingerprint density at radius 1 is 1.26 bits per heavy atom. The van der Waals surface area contributed by atoms with Gasteiger partial charge in [-0.3, -0.25) is 0 Å². The fraction of sp³-hybridized carbons (Fsp3) is 0.474. The predicted octanol–water partition coefficient (Wildman–Crippen LogP) is 0.716. The number of benzene rings is 1. The Kier molecular flexibility index (Phi) is 4.32. The summed E-state index contributed by atoms with van der Waals surface area (Å²) in [5.74, 6) is -2.68. The summed E-state index contributed by atoms with van der Waals surface area (Å²) in [5, 5.41) is 39.8. The van der Waals surface area contributed by atoms with Crippen molar-refractivity contribution in [1.29, 1.82) is 0 Å². The Morgan fingerprint density at radius 3 is 2.67 bits per heavy atom. The van der Waals surface area contributed by atoms with Crippen LogP contribution in [-0.4, -0.2) is 60.4 Å². The first-order valence-corrected chi connectivity index (χ1v) is 8.45. The minimum atomic E-state index is -2.50. The monoisotopic (exact) mass is 379 g/mol. The number of hydrogen-bond donors (Lipinski definition) is 4. The lowest BCUT2D eigenvalue weighted by atomic mass is 9.91. The van der Waals surface area contributed by atoms with E-state index in [-0.39, 0.29) is 5.69 Å². The van der Waals surface area contributed by atoms with Crippen LogP contribution < -0.4 is 0 Å². The maximum absolute atomic E-state index is 11.4. The first kappa shape index (κ1) is 15.8. The summed E-state index contributed by atoms with van der Waals surface area (Å²) in [7, 11) is 0. The number of aromatic nitrogens is 2. The number of imidazole rings is 1. The highest BCUT2D eigenvalue weighted by atomic mass is 16.6. The van der Waals surface area contributed by atoms with E-state index in [1.165, 1.54) is 17.1 Å². The van der Waals surface area contributed by atoms with E-state index in [4.69, 9.17) is 8.85 Å². The average molecular weight is 379 g/mol. The lowest BCUT2D eigenvalue weighted by molar-refractivity contribution is -0.247. The zero-order chi connectivity index (χ0) is 22.4. The standard InChI is InChI=1S/C19H24N2O6/c1-9-5-4-6-12(10(9)2)11(3)13-7-20-8-21(13)18-16(24)14(22)15(23)17(27-18)19(25)26/h4-8,11,14-18,22-24H,1-3H3,(H,25,26)/t11-,14?,15?,16?,17?,18?/m0/s1/i3D3. The van der Waals surface area contributed by atoms with Crippen LogP contribution in [0.15, 0.2) is 30.7 Å². The molecule has 6 atom stereocenters. The molecule has 5 unspecified atom stereocenters. The van der Waals surface area contributed by atoms with Crippen LogP contribution in [0.3, 0.4) is 0 Å². The molecule has 1 saturated heterocycles. The molecule has 146 valence electrons. The number of aliphatic carboxylic acids is 1. The van der Waals surface area contributed by atoms with E-state index in [0.29, 0.717) is 5.56 Å². The molecule has 1 fully saturated rings. The van der Waals surface area contributed by atoms with Crippen LogP contribution in [0.4, 0.5) is 0 Å². The van der Waals surface area contributed by atoms with Gasteiger partial charge in [0.1, 0.15) is 18.3 Å². The summed E-state index contributed by atoms with van der Waals surface area (Å²) in [4.78, 5) is 15.4.